The number of nitrogens with zero attached hydrogens (tertiary/aromatic N) is 3. The Morgan fingerprint density at radius 2 is 1.42 bits per heavy atom. The van der Waals surface area contributed by atoms with Gasteiger partial charge in [0.05, 0.1) is 27.3 Å². The third-order valence-corrected chi connectivity index (χ3v) is 7.31. The Labute approximate surface area is 184 Å². The monoisotopic (exact) mass is 462 g/mol. The molecule has 3 aromatic rings. The summed E-state index contributed by atoms with van der Waals surface area (Å²) in [5.74, 6) is 0. The SMILES string of the molecule is Cn1c(=O)c(=O)n(C)c2cc(N3CCCCC3)c(NS(=O)(=O)c3ccc(Cl)cc3)cc21. The molecule has 0 radical (unpaired) electrons. The number of halogens is 1. The molecule has 0 amide bonds. The van der Waals surface area contributed by atoms with Crippen LogP contribution in [0.3, 0.4) is 0 Å². The van der Waals surface area contributed by atoms with Gasteiger partial charge >= 0.3 is 11.1 Å². The summed E-state index contributed by atoms with van der Waals surface area (Å²) in [7, 11) is -0.843. The van der Waals surface area contributed by atoms with E-state index in [1.807, 2.05) is 0 Å². The van der Waals surface area contributed by atoms with Crippen molar-refractivity contribution in [3.8, 4) is 0 Å². The van der Waals surface area contributed by atoms with Gasteiger partial charge in [-0.15, -0.1) is 0 Å². The lowest BCUT2D eigenvalue weighted by Gasteiger charge is -2.31. The van der Waals surface area contributed by atoms with Crippen molar-refractivity contribution in [2.24, 2.45) is 14.1 Å². The molecule has 0 atom stereocenters. The zero-order chi connectivity index (χ0) is 22.3. The molecule has 1 fully saturated rings. The van der Waals surface area contributed by atoms with E-state index in [-0.39, 0.29) is 4.90 Å². The number of anilines is 2. The van der Waals surface area contributed by atoms with Gasteiger partial charge in [-0.25, -0.2) is 8.42 Å². The number of sulfonamides is 1. The summed E-state index contributed by atoms with van der Waals surface area (Å²) in [4.78, 5) is 26.8. The summed E-state index contributed by atoms with van der Waals surface area (Å²) in [6.45, 7) is 1.56. The van der Waals surface area contributed by atoms with Gasteiger partial charge in [-0.1, -0.05) is 11.6 Å². The van der Waals surface area contributed by atoms with Crippen LogP contribution in [0, 0.1) is 0 Å². The van der Waals surface area contributed by atoms with Crippen LogP contribution >= 0.6 is 11.6 Å². The van der Waals surface area contributed by atoms with Crippen LogP contribution in [0.25, 0.3) is 11.0 Å². The maximum Gasteiger partial charge on any atom is 0.316 e. The number of benzene rings is 2. The fourth-order valence-corrected chi connectivity index (χ4v) is 5.10. The van der Waals surface area contributed by atoms with E-state index in [0.717, 1.165) is 32.4 Å². The van der Waals surface area contributed by atoms with Crippen LogP contribution in [0.15, 0.2) is 50.9 Å². The number of rotatable bonds is 4. The number of fused-ring (bicyclic) bond motifs is 1. The highest BCUT2D eigenvalue weighted by molar-refractivity contribution is 7.92. The van der Waals surface area contributed by atoms with Crippen molar-refractivity contribution in [1.29, 1.82) is 0 Å². The van der Waals surface area contributed by atoms with E-state index >= 15 is 0 Å². The fraction of sp³-hybridized carbons (Fsp3) is 0.333. The minimum atomic E-state index is -3.89. The molecular weight excluding hydrogens is 440 g/mol. The maximum absolute atomic E-state index is 13.1. The van der Waals surface area contributed by atoms with Gasteiger partial charge in [0.1, 0.15) is 0 Å². The molecule has 1 aliphatic heterocycles. The average molecular weight is 463 g/mol. The lowest BCUT2D eigenvalue weighted by atomic mass is 10.1. The number of piperidine rings is 1. The molecule has 0 spiro atoms. The second-order valence-electron chi connectivity index (χ2n) is 7.69. The number of aromatic nitrogens is 2. The highest BCUT2D eigenvalue weighted by Crippen LogP contribution is 2.34. The van der Waals surface area contributed by atoms with Crippen molar-refractivity contribution in [2.75, 3.05) is 22.7 Å². The Hall–Kier alpha value is -2.78. The van der Waals surface area contributed by atoms with Crippen molar-refractivity contribution in [1.82, 2.24) is 9.13 Å². The second-order valence-corrected chi connectivity index (χ2v) is 9.81. The predicted octanol–water partition coefficient (Wildman–Crippen LogP) is 2.68. The molecule has 2 aromatic carbocycles. The van der Waals surface area contributed by atoms with E-state index in [4.69, 9.17) is 11.6 Å². The number of aryl methyl sites for hydroxylation is 2. The summed E-state index contributed by atoms with van der Waals surface area (Å²) in [5, 5.41) is 0.439. The van der Waals surface area contributed by atoms with Crippen LogP contribution in [0.1, 0.15) is 19.3 Å². The zero-order valence-electron chi connectivity index (χ0n) is 17.3. The summed E-state index contributed by atoms with van der Waals surface area (Å²) in [5.41, 5.74) is 0.751. The number of hydrogen-bond donors (Lipinski definition) is 1. The molecule has 0 bridgehead atoms. The molecule has 0 unspecified atom stereocenters. The molecule has 4 rings (SSSR count). The van der Waals surface area contributed by atoms with Gasteiger partial charge in [0.2, 0.25) is 0 Å². The first-order valence-electron chi connectivity index (χ1n) is 9.96. The Balaban J connectivity index is 1.92. The van der Waals surface area contributed by atoms with E-state index in [0.29, 0.717) is 27.4 Å². The highest BCUT2D eigenvalue weighted by atomic mass is 35.5. The van der Waals surface area contributed by atoms with Crippen LogP contribution in [0.5, 0.6) is 0 Å². The standard InChI is InChI=1S/C21H23ClN4O4S/c1-24-18-12-16(23-31(29,30)15-8-6-14(22)7-9-15)17(26-10-4-3-5-11-26)13-19(18)25(2)21(28)20(24)27/h6-9,12-13,23H,3-5,10-11H2,1-2H3. The molecule has 1 saturated heterocycles. The van der Waals surface area contributed by atoms with Gasteiger partial charge in [0.15, 0.2) is 0 Å². The Kier molecular flexibility index (Phi) is 5.57. The minimum Gasteiger partial charge on any atom is -0.370 e. The molecular formula is C21H23ClN4O4S. The summed E-state index contributed by atoms with van der Waals surface area (Å²) >= 11 is 5.89. The number of nitrogens with one attached hydrogen (secondary N) is 1. The third kappa shape index (κ3) is 3.95. The van der Waals surface area contributed by atoms with Gasteiger partial charge in [-0.3, -0.25) is 14.3 Å². The largest absolute Gasteiger partial charge is 0.370 e. The minimum absolute atomic E-state index is 0.0796. The molecule has 0 saturated carbocycles. The van der Waals surface area contributed by atoms with Crippen molar-refractivity contribution in [2.45, 2.75) is 24.2 Å². The fourth-order valence-electron chi connectivity index (χ4n) is 3.90. The van der Waals surface area contributed by atoms with E-state index in [2.05, 4.69) is 9.62 Å². The summed E-state index contributed by atoms with van der Waals surface area (Å²) < 4.78 is 31.4. The zero-order valence-corrected chi connectivity index (χ0v) is 18.8. The lowest BCUT2D eigenvalue weighted by molar-refractivity contribution is 0.578. The Morgan fingerprint density at radius 1 is 0.871 bits per heavy atom. The topological polar surface area (TPSA) is 93.4 Å². The molecule has 2 heterocycles. The highest BCUT2D eigenvalue weighted by Gasteiger charge is 2.22. The quantitative estimate of drug-likeness (QED) is 0.602. The first-order valence-corrected chi connectivity index (χ1v) is 11.8. The van der Waals surface area contributed by atoms with Gasteiger partial charge in [0.25, 0.3) is 10.0 Å². The average Bonchev–Trinajstić information content (AvgIpc) is 2.76. The van der Waals surface area contributed by atoms with Crippen molar-refractivity contribution >= 4 is 44.0 Å². The van der Waals surface area contributed by atoms with Crippen molar-refractivity contribution in [3.63, 3.8) is 0 Å². The maximum atomic E-state index is 13.1. The van der Waals surface area contributed by atoms with Crippen molar-refractivity contribution in [3.05, 3.63) is 62.1 Å². The predicted molar refractivity (Wildman–Crippen MR) is 123 cm³/mol. The van der Waals surface area contributed by atoms with E-state index in [1.54, 1.807) is 19.2 Å². The third-order valence-electron chi connectivity index (χ3n) is 5.67. The molecule has 1 aromatic heterocycles. The molecule has 164 valence electrons. The van der Waals surface area contributed by atoms with Crippen molar-refractivity contribution < 1.29 is 8.42 Å². The van der Waals surface area contributed by atoms with Crippen LogP contribution in [0.4, 0.5) is 11.4 Å². The number of hydrogen-bond acceptors (Lipinski definition) is 5. The van der Waals surface area contributed by atoms with Gasteiger partial charge in [-0.2, -0.15) is 0 Å². The van der Waals surface area contributed by atoms with Crippen LogP contribution in [-0.2, 0) is 24.1 Å². The lowest BCUT2D eigenvalue weighted by Crippen LogP contribution is -2.39. The van der Waals surface area contributed by atoms with Crippen LogP contribution in [0.2, 0.25) is 5.02 Å². The Morgan fingerprint density at radius 3 is 2.00 bits per heavy atom. The molecule has 1 N–H and O–H groups in total. The first kappa shape index (κ1) is 21.5. The molecule has 31 heavy (non-hydrogen) atoms. The molecule has 8 nitrogen and oxygen atoms in total. The summed E-state index contributed by atoms with van der Waals surface area (Å²) in [6, 6.07) is 9.30. The summed E-state index contributed by atoms with van der Waals surface area (Å²) in [6.07, 6.45) is 3.10. The molecule has 1 aliphatic rings. The smallest absolute Gasteiger partial charge is 0.316 e. The van der Waals surface area contributed by atoms with Gasteiger partial charge in [0, 0.05) is 32.2 Å². The van der Waals surface area contributed by atoms with Crippen LogP contribution < -0.4 is 20.7 Å². The molecule has 0 aliphatic carbocycles. The van der Waals surface area contributed by atoms with E-state index in [1.165, 1.54) is 40.4 Å². The van der Waals surface area contributed by atoms with Gasteiger partial charge < -0.3 is 14.0 Å². The normalized spacial score (nSPS) is 14.7. The van der Waals surface area contributed by atoms with E-state index < -0.39 is 21.1 Å². The van der Waals surface area contributed by atoms with Crippen LogP contribution in [-0.4, -0.2) is 30.6 Å². The first-order chi connectivity index (χ1) is 14.7. The van der Waals surface area contributed by atoms with E-state index in [9.17, 15) is 18.0 Å². The Bertz CT molecular complexity index is 1370. The van der Waals surface area contributed by atoms with Gasteiger partial charge in [-0.05, 0) is 55.7 Å². The second kappa shape index (κ2) is 8.05. The molecule has 10 heteroatoms.